The molecule has 1 fully saturated rings. The van der Waals surface area contributed by atoms with Gasteiger partial charge in [-0.3, -0.25) is 14.6 Å². The minimum absolute atomic E-state index is 0.474. The van der Waals surface area contributed by atoms with Gasteiger partial charge in [0.1, 0.15) is 5.75 Å². The molecule has 1 aromatic heterocycles. The second-order valence-electron chi connectivity index (χ2n) is 6.78. The van der Waals surface area contributed by atoms with E-state index in [0.717, 1.165) is 22.3 Å². The molecule has 0 radical (unpaired) electrons. The molecule has 2 heterocycles. The third-order valence-corrected chi connectivity index (χ3v) is 5.08. The van der Waals surface area contributed by atoms with E-state index in [9.17, 15) is 9.59 Å². The van der Waals surface area contributed by atoms with Crippen LogP contribution in [-0.4, -0.2) is 55.0 Å². The van der Waals surface area contributed by atoms with Crippen molar-refractivity contribution in [2.45, 2.75) is 0 Å². The lowest BCUT2D eigenvalue weighted by Crippen LogP contribution is -2.51. The molecule has 0 bridgehead atoms. The van der Waals surface area contributed by atoms with Crippen LogP contribution in [0.15, 0.2) is 60.8 Å². The number of para-hydroxylation sites is 2. The van der Waals surface area contributed by atoms with Crippen molar-refractivity contribution in [3.8, 4) is 5.75 Å². The summed E-state index contributed by atoms with van der Waals surface area (Å²) < 4.78 is 5.42. The first-order valence-corrected chi connectivity index (χ1v) is 9.49. The molecule has 2 aromatic carbocycles. The molecule has 7 nitrogen and oxygen atoms in total. The molecule has 1 N–H and O–H groups in total. The monoisotopic (exact) mass is 390 g/mol. The number of anilines is 2. The summed E-state index contributed by atoms with van der Waals surface area (Å²) in [7, 11) is 1.64. The van der Waals surface area contributed by atoms with Gasteiger partial charge in [0.05, 0.1) is 24.0 Å². The van der Waals surface area contributed by atoms with Crippen LogP contribution in [0.2, 0.25) is 0 Å². The Labute approximate surface area is 168 Å². The Bertz CT molecular complexity index is 1040. The molecule has 7 heteroatoms. The van der Waals surface area contributed by atoms with Crippen LogP contribution in [0.1, 0.15) is 0 Å². The molecule has 0 saturated carbocycles. The van der Waals surface area contributed by atoms with Crippen LogP contribution < -0.4 is 15.0 Å². The Hall–Kier alpha value is -3.61. The molecule has 0 spiro atoms. The Morgan fingerprint density at radius 1 is 0.966 bits per heavy atom. The topological polar surface area (TPSA) is 74.8 Å². The number of amides is 2. The predicted molar refractivity (Wildman–Crippen MR) is 112 cm³/mol. The van der Waals surface area contributed by atoms with E-state index < -0.39 is 11.8 Å². The van der Waals surface area contributed by atoms with Crippen molar-refractivity contribution < 1.29 is 14.3 Å². The van der Waals surface area contributed by atoms with Crippen LogP contribution in [0.3, 0.4) is 0 Å². The van der Waals surface area contributed by atoms with Gasteiger partial charge in [-0.25, -0.2) is 0 Å². The third kappa shape index (κ3) is 3.85. The Morgan fingerprint density at radius 2 is 1.76 bits per heavy atom. The summed E-state index contributed by atoms with van der Waals surface area (Å²) in [6.07, 6.45) is 1.69. The second kappa shape index (κ2) is 8.18. The van der Waals surface area contributed by atoms with Gasteiger partial charge in [-0.2, -0.15) is 0 Å². The quantitative estimate of drug-likeness (QED) is 0.696. The lowest BCUT2D eigenvalue weighted by molar-refractivity contribution is -0.143. The number of carbonyl (C=O) groups is 2. The molecule has 0 unspecified atom stereocenters. The van der Waals surface area contributed by atoms with Gasteiger partial charge in [0.25, 0.3) is 0 Å². The zero-order valence-corrected chi connectivity index (χ0v) is 16.2. The number of hydrogen-bond donors (Lipinski definition) is 1. The summed E-state index contributed by atoms with van der Waals surface area (Å²) in [6, 6.07) is 16.9. The van der Waals surface area contributed by atoms with E-state index >= 15 is 0 Å². The van der Waals surface area contributed by atoms with E-state index in [-0.39, 0.29) is 0 Å². The molecule has 29 heavy (non-hydrogen) atoms. The maximum Gasteiger partial charge on any atom is 0.313 e. The van der Waals surface area contributed by atoms with E-state index in [4.69, 9.17) is 4.74 Å². The Morgan fingerprint density at radius 3 is 2.55 bits per heavy atom. The summed E-state index contributed by atoms with van der Waals surface area (Å²) in [5, 5.41) is 3.54. The Kier molecular flexibility index (Phi) is 5.29. The van der Waals surface area contributed by atoms with Crippen molar-refractivity contribution in [1.82, 2.24) is 9.88 Å². The van der Waals surface area contributed by atoms with Crippen molar-refractivity contribution in [1.29, 1.82) is 0 Å². The van der Waals surface area contributed by atoms with E-state index in [1.807, 2.05) is 36.4 Å². The van der Waals surface area contributed by atoms with Crippen LogP contribution in [0, 0.1) is 0 Å². The maximum absolute atomic E-state index is 12.7. The molecule has 1 saturated heterocycles. The van der Waals surface area contributed by atoms with E-state index in [1.54, 1.807) is 36.4 Å². The standard InChI is InChI=1S/C22H22N4O3/c1-29-20-10-3-2-9-19(20)25-12-14-26(15-13-25)22(28)21(27)24-18-8-4-7-17-16(18)6-5-11-23-17/h2-11H,12-15H2,1H3,(H,24,27). The number of methoxy groups -OCH3 is 1. The molecule has 3 aromatic rings. The number of carbonyl (C=O) groups excluding carboxylic acids is 2. The molecular formula is C22H22N4O3. The van der Waals surface area contributed by atoms with Gasteiger partial charge in [0, 0.05) is 37.8 Å². The average molecular weight is 390 g/mol. The van der Waals surface area contributed by atoms with Gasteiger partial charge in [-0.15, -0.1) is 0 Å². The first kappa shape index (κ1) is 18.7. The molecule has 0 aliphatic carbocycles. The first-order valence-electron chi connectivity index (χ1n) is 9.49. The number of pyridine rings is 1. The predicted octanol–water partition coefficient (Wildman–Crippen LogP) is 2.53. The molecular weight excluding hydrogens is 368 g/mol. The fourth-order valence-electron chi connectivity index (χ4n) is 3.57. The van der Waals surface area contributed by atoms with Crippen LogP contribution in [-0.2, 0) is 9.59 Å². The van der Waals surface area contributed by atoms with Crippen LogP contribution in [0.25, 0.3) is 10.9 Å². The number of aromatic nitrogens is 1. The highest BCUT2D eigenvalue weighted by atomic mass is 16.5. The molecule has 1 aliphatic heterocycles. The molecule has 148 valence electrons. The van der Waals surface area contributed by atoms with Gasteiger partial charge < -0.3 is 19.9 Å². The number of benzene rings is 2. The lowest BCUT2D eigenvalue weighted by atomic mass is 10.2. The summed E-state index contributed by atoms with van der Waals surface area (Å²) >= 11 is 0. The highest BCUT2D eigenvalue weighted by Gasteiger charge is 2.27. The van der Waals surface area contributed by atoms with Crippen molar-refractivity contribution in [2.24, 2.45) is 0 Å². The molecule has 0 atom stereocenters. The number of piperazine rings is 1. The first-order chi connectivity index (χ1) is 14.2. The van der Waals surface area contributed by atoms with Crippen LogP contribution >= 0.6 is 0 Å². The number of ether oxygens (including phenoxy) is 1. The third-order valence-electron chi connectivity index (χ3n) is 5.08. The van der Waals surface area contributed by atoms with Crippen LogP contribution in [0.5, 0.6) is 5.75 Å². The number of fused-ring (bicyclic) bond motifs is 1. The normalized spacial score (nSPS) is 14.0. The van der Waals surface area contributed by atoms with E-state index in [0.29, 0.717) is 31.9 Å². The lowest BCUT2D eigenvalue weighted by Gasteiger charge is -2.36. The van der Waals surface area contributed by atoms with Crippen LogP contribution in [0.4, 0.5) is 11.4 Å². The number of rotatable bonds is 3. The molecule has 1 aliphatic rings. The SMILES string of the molecule is COc1ccccc1N1CCN(C(=O)C(=O)Nc2cccc3ncccc23)CC1. The fraction of sp³-hybridized carbons (Fsp3) is 0.227. The van der Waals surface area contributed by atoms with Crippen molar-refractivity contribution in [3.05, 3.63) is 60.8 Å². The van der Waals surface area contributed by atoms with Gasteiger partial charge >= 0.3 is 11.8 Å². The fourth-order valence-corrected chi connectivity index (χ4v) is 3.57. The van der Waals surface area contributed by atoms with Gasteiger partial charge in [-0.05, 0) is 36.4 Å². The largest absolute Gasteiger partial charge is 0.495 e. The van der Waals surface area contributed by atoms with Crippen molar-refractivity contribution >= 4 is 34.1 Å². The van der Waals surface area contributed by atoms with Crippen molar-refractivity contribution in [3.63, 3.8) is 0 Å². The summed E-state index contributed by atoms with van der Waals surface area (Å²) in [5.74, 6) is -0.354. The van der Waals surface area contributed by atoms with Crippen molar-refractivity contribution in [2.75, 3.05) is 43.5 Å². The summed E-state index contributed by atoms with van der Waals surface area (Å²) in [5.41, 5.74) is 2.35. The average Bonchev–Trinajstić information content (AvgIpc) is 2.79. The minimum Gasteiger partial charge on any atom is -0.495 e. The summed E-state index contributed by atoms with van der Waals surface area (Å²) in [4.78, 5) is 33.2. The highest BCUT2D eigenvalue weighted by molar-refractivity contribution is 6.40. The van der Waals surface area contributed by atoms with Gasteiger partial charge in [0.15, 0.2) is 0 Å². The zero-order chi connectivity index (χ0) is 20.2. The Balaban J connectivity index is 1.41. The number of hydrogen-bond acceptors (Lipinski definition) is 5. The highest BCUT2D eigenvalue weighted by Crippen LogP contribution is 2.28. The molecule has 2 amide bonds. The molecule has 4 rings (SSSR count). The van der Waals surface area contributed by atoms with E-state index in [1.165, 1.54) is 0 Å². The smallest absolute Gasteiger partial charge is 0.313 e. The summed E-state index contributed by atoms with van der Waals surface area (Å²) in [6.45, 7) is 2.22. The van der Waals surface area contributed by atoms with Gasteiger partial charge in [0.2, 0.25) is 0 Å². The zero-order valence-electron chi connectivity index (χ0n) is 16.2. The number of nitrogens with zero attached hydrogens (tertiary/aromatic N) is 3. The van der Waals surface area contributed by atoms with E-state index in [2.05, 4.69) is 15.2 Å². The van der Waals surface area contributed by atoms with Gasteiger partial charge in [-0.1, -0.05) is 18.2 Å². The number of nitrogens with one attached hydrogen (secondary N) is 1. The second-order valence-corrected chi connectivity index (χ2v) is 6.78. The minimum atomic E-state index is -0.632. The maximum atomic E-state index is 12.7.